The van der Waals surface area contributed by atoms with E-state index in [1.54, 1.807) is 18.2 Å². The molecular weight excluding hydrogens is 600 g/mol. The number of amides is 1. The van der Waals surface area contributed by atoms with Gasteiger partial charge in [-0.05, 0) is 63.5 Å². The minimum atomic E-state index is -4.13. The van der Waals surface area contributed by atoms with Crippen molar-refractivity contribution in [3.63, 3.8) is 0 Å². The Bertz CT molecular complexity index is 1340. The maximum Gasteiger partial charge on any atom is 0.407 e. The molecule has 2 aromatic rings. The van der Waals surface area contributed by atoms with Gasteiger partial charge in [0.2, 0.25) is 10.0 Å². The van der Waals surface area contributed by atoms with Crippen LogP contribution in [-0.4, -0.2) is 102 Å². The molecule has 3 fully saturated rings. The first-order chi connectivity index (χ1) is 21.7. The summed E-state index contributed by atoms with van der Waals surface area (Å²) >= 11 is 0. The van der Waals surface area contributed by atoms with Crippen LogP contribution in [0, 0.1) is 5.92 Å². The Labute approximate surface area is 265 Å². The lowest BCUT2D eigenvalue weighted by atomic mass is 10.00. The molecule has 1 amide bonds. The number of likely N-dealkylation sites (N-methyl/N-ethyl adjacent to an activating group) is 1. The van der Waals surface area contributed by atoms with E-state index >= 15 is 0 Å². The molecule has 1 saturated carbocycles. The highest BCUT2D eigenvalue weighted by Crippen LogP contribution is 2.33. The summed E-state index contributed by atoms with van der Waals surface area (Å²) in [6.45, 7) is 2.19. The van der Waals surface area contributed by atoms with E-state index in [4.69, 9.17) is 18.9 Å². The maximum absolute atomic E-state index is 13.7. The average molecular weight is 647 g/mol. The Kier molecular flexibility index (Phi) is 11.7. The van der Waals surface area contributed by atoms with E-state index in [2.05, 4.69) is 15.4 Å². The number of nitrogens with zero attached hydrogens (tertiary/aromatic N) is 1. The molecule has 12 nitrogen and oxygen atoms in total. The summed E-state index contributed by atoms with van der Waals surface area (Å²) in [7, 11) is -0.207. The van der Waals surface area contributed by atoms with Crippen molar-refractivity contribution >= 4 is 21.8 Å². The molecule has 1 unspecified atom stereocenters. The number of benzene rings is 2. The van der Waals surface area contributed by atoms with Crippen LogP contribution in [-0.2, 0) is 35.4 Å². The van der Waals surface area contributed by atoms with Crippen molar-refractivity contribution in [1.82, 2.24) is 14.9 Å². The molecule has 5 rings (SSSR count). The van der Waals surface area contributed by atoms with E-state index in [1.807, 2.05) is 49.3 Å². The predicted octanol–water partition coefficient (Wildman–Crippen LogP) is 2.68. The first-order valence-corrected chi connectivity index (χ1v) is 17.2. The van der Waals surface area contributed by atoms with Gasteiger partial charge in [-0.3, -0.25) is 0 Å². The van der Waals surface area contributed by atoms with Gasteiger partial charge in [0.25, 0.3) is 0 Å². The van der Waals surface area contributed by atoms with Crippen molar-refractivity contribution in [2.24, 2.45) is 5.92 Å². The van der Waals surface area contributed by atoms with Gasteiger partial charge in [0, 0.05) is 18.8 Å². The fourth-order valence-corrected chi connectivity index (χ4v) is 7.21. The monoisotopic (exact) mass is 646 g/mol. The van der Waals surface area contributed by atoms with Crippen LogP contribution in [0.1, 0.15) is 37.7 Å². The van der Waals surface area contributed by atoms with Crippen LogP contribution < -0.4 is 15.4 Å². The highest BCUT2D eigenvalue weighted by Gasteiger charge is 2.44. The summed E-state index contributed by atoms with van der Waals surface area (Å²) < 4.78 is 53.2. The van der Waals surface area contributed by atoms with Gasteiger partial charge in [-0.2, -0.15) is 4.72 Å². The SMILES string of the molecule is CN(C)CCNc1cccc(S(=O)(=O)NC(OC2CCCC2)[C@H](O)[C@H](Cc2ccccc2)NC(=O)O[C@H]2CO[C@H]3OCC[C@H]32)c1. The summed E-state index contributed by atoms with van der Waals surface area (Å²) in [4.78, 5) is 15.3. The third-order valence-electron chi connectivity index (χ3n) is 8.51. The minimum Gasteiger partial charge on any atom is -0.443 e. The third-order valence-corrected chi connectivity index (χ3v) is 9.93. The second-order valence-corrected chi connectivity index (χ2v) is 14.0. The smallest absolute Gasteiger partial charge is 0.407 e. The number of alkyl carbamates (subject to hydrolysis) is 1. The van der Waals surface area contributed by atoms with Gasteiger partial charge >= 0.3 is 6.09 Å². The number of fused-ring (bicyclic) bond motifs is 1. The molecule has 45 heavy (non-hydrogen) atoms. The Balaban J connectivity index is 1.34. The van der Waals surface area contributed by atoms with Crippen LogP contribution >= 0.6 is 0 Å². The Morgan fingerprint density at radius 1 is 1.07 bits per heavy atom. The van der Waals surface area contributed by atoms with Crippen molar-refractivity contribution in [1.29, 1.82) is 0 Å². The second-order valence-electron chi connectivity index (χ2n) is 12.2. The number of hydrogen-bond acceptors (Lipinski definition) is 10. The fraction of sp³-hybridized carbons (Fsp3) is 0.594. The van der Waals surface area contributed by atoms with Crippen molar-refractivity contribution < 1.29 is 37.3 Å². The number of hydrogen-bond donors (Lipinski definition) is 4. The Morgan fingerprint density at radius 2 is 1.84 bits per heavy atom. The van der Waals surface area contributed by atoms with Crippen molar-refractivity contribution in [2.75, 3.05) is 45.7 Å². The number of nitrogens with one attached hydrogen (secondary N) is 3. The van der Waals surface area contributed by atoms with E-state index in [0.717, 1.165) is 44.2 Å². The maximum atomic E-state index is 13.7. The lowest BCUT2D eigenvalue weighted by molar-refractivity contribution is -0.0912. The number of anilines is 1. The molecule has 0 bridgehead atoms. The molecule has 3 aliphatic rings. The summed E-state index contributed by atoms with van der Waals surface area (Å²) in [6, 6.07) is 14.9. The molecule has 2 aliphatic heterocycles. The fourth-order valence-electron chi connectivity index (χ4n) is 6.03. The van der Waals surface area contributed by atoms with E-state index in [9.17, 15) is 18.3 Å². The number of rotatable bonds is 15. The zero-order valence-electron chi connectivity index (χ0n) is 26.0. The molecule has 2 heterocycles. The van der Waals surface area contributed by atoms with Crippen LogP contribution in [0.25, 0.3) is 0 Å². The largest absolute Gasteiger partial charge is 0.443 e. The van der Waals surface area contributed by atoms with Crippen LogP contribution in [0.3, 0.4) is 0 Å². The molecule has 2 aromatic carbocycles. The summed E-state index contributed by atoms with van der Waals surface area (Å²) in [5.41, 5.74) is 1.50. The molecule has 4 N–H and O–H groups in total. The molecule has 13 heteroatoms. The molecule has 248 valence electrons. The highest BCUT2D eigenvalue weighted by atomic mass is 32.2. The van der Waals surface area contributed by atoms with Gasteiger partial charge < -0.3 is 39.6 Å². The van der Waals surface area contributed by atoms with E-state index in [1.165, 1.54) is 6.07 Å². The summed E-state index contributed by atoms with van der Waals surface area (Å²) in [6.07, 6.45) is -0.249. The minimum absolute atomic E-state index is 0.0334. The van der Waals surface area contributed by atoms with Crippen LogP contribution in [0.4, 0.5) is 10.5 Å². The van der Waals surface area contributed by atoms with Gasteiger partial charge in [0.1, 0.15) is 18.4 Å². The van der Waals surface area contributed by atoms with Gasteiger partial charge in [0.05, 0.1) is 36.2 Å². The summed E-state index contributed by atoms with van der Waals surface area (Å²) in [5.74, 6) is -0.0494. The van der Waals surface area contributed by atoms with E-state index in [-0.39, 0.29) is 36.2 Å². The number of carbonyl (C=O) groups is 1. The molecule has 0 spiro atoms. The Morgan fingerprint density at radius 3 is 2.60 bits per heavy atom. The van der Waals surface area contributed by atoms with Gasteiger partial charge in [-0.15, -0.1) is 0 Å². The zero-order chi connectivity index (χ0) is 31.8. The van der Waals surface area contributed by atoms with Crippen LogP contribution in [0.5, 0.6) is 0 Å². The van der Waals surface area contributed by atoms with Crippen molar-refractivity contribution in [2.45, 2.75) is 80.3 Å². The lowest BCUT2D eigenvalue weighted by Gasteiger charge is -2.33. The number of aliphatic hydroxyl groups excluding tert-OH is 1. The normalized spacial score (nSPS) is 23.9. The van der Waals surface area contributed by atoms with Crippen molar-refractivity contribution in [3.8, 4) is 0 Å². The predicted molar refractivity (Wildman–Crippen MR) is 168 cm³/mol. The molecule has 1 aliphatic carbocycles. The van der Waals surface area contributed by atoms with Crippen molar-refractivity contribution in [3.05, 3.63) is 60.2 Å². The first kappa shape index (κ1) is 33.6. The molecule has 6 atom stereocenters. The molecule has 0 aromatic heterocycles. The lowest BCUT2D eigenvalue weighted by Crippen LogP contribution is -2.57. The van der Waals surface area contributed by atoms with E-state index in [0.29, 0.717) is 18.8 Å². The first-order valence-electron chi connectivity index (χ1n) is 15.8. The zero-order valence-corrected chi connectivity index (χ0v) is 26.8. The highest BCUT2D eigenvalue weighted by molar-refractivity contribution is 7.89. The second kappa shape index (κ2) is 15.7. The standard InChI is InChI=1S/C32H46N4O8S/c1-36(2)17-16-33-23-11-8-14-25(20-23)45(39,40)35-30(43-24-12-6-7-13-24)29(37)27(19-22-9-4-3-5-10-22)34-32(38)44-28-21-42-31-26(28)15-18-41-31/h3-5,8-11,14,20,24,26-31,33,35,37H,6-7,12-13,15-19,21H2,1-2H3,(H,34,38)/t26-,27-,28-,29+,30?,31+/m0/s1. The van der Waals surface area contributed by atoms with Gasteiger partial charge in [-0.1, -0.05) is 49.2 Å². The molecule has 0 radical (unpaired) electrons. The number of carbonyl (C=O) groups excluding carboxylic acids is 1. The van der Waals surface area contributed by atoms with E-state index < -0.39 is 40.6 Å². The quantitative estimate of drug-likeness (QED) is 0.213. The van der Waals surface area contributed by atoms with Gasteiger partial charge in [-0.25, -0.2) is 13.2 Å². The average Bonchev–Trinajstić information content (AvgIpc) is 3.78. The van der Waals surface area contributed by atoms with Crippen LogP contribution in [0.2, 0.25) is 0 Å². The van der Waals surface area contributed by atoms with Gasteiger partial charge in [0.15, 0.2) is 6.29 Å². The van der Waals surface area contributed by atoms with Crippen LogP contribution in [0.15, 0.2) is 59.5 Å². The number of aliphatic hydroxyl groups is 1. The topological polar surface area (TPSA) is 148 Å². The number of ether oxygens (including phenoxy) is 4. The number of sulfonamides is 1. The molecular formula is C32H46N4O8S. The Hall–Kier alpha value is -2.78. The summed E-state index contributed by atoms with van der Waals surface area (Å²) in [5, 5.41) is 17.8. The molecule has 2 saturated heterocycles. The third kappa shape index (κ3) is 9.38.